The van der Waals surface area contributed by atoms with Crippen LogP contribution in [-0.4, -0.2) is 24.2 Å². The summed E-state index contributed by atoms with van der Waals surface area (Å²) in [4.78, 5) is 11.2. The molecule has 2 N–H and O–H groups in total. The second kappa shape index (κ2) is 6.01. The van der Waals surface area contributed by atoms with Gasteiger partial charge in [0, 0.05) is 0 Å². The molecule has 3 heteroatoms. The van der Waals surface area contributed by atoms with E-state index in [-0.39, 0.29) is 5.92 Å². The summed E-state index contributed by atoms with van der Waals surface area (Å²) >= 11 is 0. The Morgan fingerprint density at radius 3 is 2.78 bits per heavy atom. The minimum atomic E-state index is -0.722. The van der Waals surface area contributed by atoms with Gasteiger partial charge >= 0.3 is 5.97 Å². The first-order valence-electron chi connectivity index (χ1n) is 6.75. The molecule has 0 amide bonds. The van der Waals surface area contributed by atoms with Crippen LogP contribution in [0.4, 0.5) is 0 Å². The Labute approximate surface area is 108 Å². The van der Waals surface area contributed by atoms with Gasteiger partial charge in [-0.25, -0.2) is 0 Å². The van der Waals surface area contributed by atoms with E-state index in [1.165, 1.54) is 5.56 Å². The molecule has 1 fully saturated rings. The molecular formula is C15H21NO2. The Morgan fingerprint density at radius 2 is 2.17 bits per heavy atom. The Hall–Kier alpha value is -1.35. The normalized spacial score (nSPS) is 18.5. The van der Waals surface area contributed by atoms with Gasteiger partial charge < -0.3 is 10.4 Å². The average molecular weight is 247 g/mol. The van der Waals surface area contributed by atoms with Crippen LogP contribution in [0, 0.1) is 0 Å². The molecule has 0 spiro atoms. The standard InChI is InChI=1S/C15H21NO2/c1-2-14(15(17)18)13-5-3-4-12(10-13)11-6-8-16-9-7-11/h3-5,10-11,14,16H,2,6-9H2,1H3,(H,17,18). The molecule has 1 heterocycles. The molecule has 1 saturated heterocycles. The summed E-state index contributed by atoms with van der Waals surface area (Å²) in [5.74, 6) is -0.510. The predicted molar refractivity (Wildman–Crippen MR) is 72.0 cm³/mol. The highest BCUT2D eigenvalue weighted by molar-refractivity contribution is 5.76. The van der Waals surface area contributed by atoms with Crippen LogP contribution in [0.1, 0.15) is 49.1 Å². The lowest BCUT2D eigenvalue weighted by Gasteiger charge is -2.24. The van der Waals surface area contributed by atoms with Gasteiger partial charge in [0.1, 0.15) is 0 Å². The molecule has 98 valence electrons. The van der Waals surface area contributed by atoms with Crippen molar-refractivity contribution in [2.45, 2.75) is 38.0 Å². The lowest BCUT2D eigenvalue weighted by Crippen LogP contribution is -2.26. The van der Waals surface area contributed by atoms with E-state index in [1.54, 1.807) is 0 Å². The Morgan fingerprint density at radius 1 is 1.44 bits per heavy atom. The summed E-state index contributed by atoms with van der Waals surface area (Å²) in [7, 11) is 0. The monoisotopic (exact) mass is 247 g/mol. The van der Waals surface area contributed by atoms with Crippen LogP contribution in [0.5, 0.6) is 0 Å². The van der Waals surface area contributed by atoms with E-state index in [0.29, 0.717) is 12.3 Å². The first-order valence-corrected chi connectivity index (χ1v) is 6.75. The van der Waals surface area contributed by atoms with Crippen molar-refractivity contribution in [3.63, 3.8) is 0 Å². The van der Waals surface area contributed by atoms with Crippen LogP contribution < -0.4 is 5.32 Å². The number of hydrogen-bond donors (Lipinski definition) is 2. The van der Waals surface area contributed by atoms with Crippen LogP contribution in [0.3, 0.4) is 0 Å². The maximum atomic E-state index is 11.2. The van der Waals surface area contributed by atoms with E-state index in [9.17, 15) is 9.90 Å². The average Bonchev–Trinajstić information content (AvgIpc) is 2.40. The summed E-state index contributed by atoms with van der Waals surface area (Å²) in [6.07, 6.45) is 2.94. The minimum absolute atomic E-state index is 0.369. The van der Waals surface area contributed by atoms with Crippen LogP contribution in [-0.2, 0) is 4.79 Å². The molecule has 1 aromatic rings. The maximum absolute atomic E-state index is 11.2. The van der Waals surface area contributed by atoms with Gasteiger partial charge in [-0.05, 0) is 49.4 Å². The zero-order chi connectivity index (χ0) is 13.0. The molecule has 3 nitrogen and oxygen atoms in total. The molecule has 0 aromatic heterocycles. The smallest absolute Gasteiger partial charge is 0.310 e. The number of aliphatic carboxylic acids is 1. The van der Waals surface area contributed by atoms with Crippen molar-refractivity contribution in [3.8, 4) is 0 Å². The predicted octanol–water partition coefficient (Wildman–Crippen LogP) is 2.73. The van der Waals surface area contributed by atoms with Gasteiger partial charge in [0.2, 0.25) is 0 Å². The Balaban J connectivity index is 2.20. The lowest BCUT2D eigenvalue weighted by molar-refractivity contribution is -0.138. The number of carboxylic acids is 1. The van der Waals surface area contributed by atoms with E-state index in [1.807, 2.05) is 19.1 Å². The zero-order valence-corrected chi connectivity index (χ0v) is 10.9. The van der Waals surface area contributed by atoms with Gasteiger partial charge in [-0.3, -0.25) is 4.79 Å². The van der Waals surface area contributed by atoms with Crippen molar-refractivity contribution in [2.24, 2.45) is 0 Å². The molecule has 1 aliphatic rings. The van der Waals surface area contributed by atoms with E-state index in [2.05, 4.69) is 17.4 Å². The van der Waals surface area contributed by atoms with Crippen molar-refractivity contribution < 1.29 is 9.90 Å². The Kier molecular flexibility index (Phi) is 4.37. The molecule has 1 atom stereocenters. The number of carboxylic acid groups (broad SMARTS) is 1. The molecule has 1 unspecified atom stereocenters. The molecule has 18 heavy (non-hydrogen) atoms. The van der Waals surface area contributed by atoms with Gasteiger partial charge in [0.05, 0.1) is 5.92 Å². The Bertz CT molecular complexity index is 411. The molecule has 0 radical (unpaired) electrons. The maximum Gasteiger partial charge on any atom is 0.310 e. The summed E-state index contributed by atoms with van der Waals surface area (Å²) in [6, 6.07) is 8.16. The van der Waals surface area contributed by atoms with Crippen molar-refractivity contribution >= 4 is 5.97 Å². The number of piperidine rings is 1. The third-order valence-corrected chi connectivity index (χ3v) is 3.83. The van der Waals surface area contributed by atoms with Gasteiger partial charge in [-0.1, -0.05) is 31.2 Å². The summed E-state index contributed by atoms with van der Waals surface area (Å²) < 4.78 is 0. The molecule has 2 rings (SSSR count). The van der Waals surface area contributed by atoms with Gasteiger partial charge in [-0.15, -0.1) is 0 Å². The first-order chi connectivity index (χ1) is 8.72. The van der Waals surface area contributed by atoms with Crippen molar-refractivity contribution in [3.05, 3.63) is 35.4 Å². The van der Waals surface area contributed by atoms with Crippen molar-refractivity contribution in [2.75, 3.05) is 13.1 Å². The highest BCUT2D eigenvalue weighted by Gasteiger charge is 2.20. The van der Waals surface area contributed by atoms with Crippen molar-refractivity contribution in [1.29, 1.82) is 0 Å². The number of rotatable bonds is 4. The van der Waals surface area contributed by atoms with Crippen molar-refractivity contribution in [1.82, 2.24) is 5.32 Å². The highest BCUT2D eigenvalue weighted by Crippen LogP contribution is 2.28. The van der Waals surface area contributed by atoms with Gasteiger partial charge in [0.15, 0.2) is 0 Å². The third-order valence-electron chi connectivity index (χ3n) is 3.83. The summed E-state index contributed by atoms with van der Waals surface area (Å²) in [5.41, 5.74) is 2.25. The minimum Gasteiger partial charge on any atom is -0.481 e. The second-order valence-corrected chi connectivity index (χ2v) is 4.99. The van der Waals surface area contributed by atoms with E-state index >= 15 is 0 Å². The first kappa shape index (κ1) is 13.1. The van der Waals surface area contributed by atoms with Crippen LogP contribution in [0.2, 0.25) is 0 Å². The molecule has 1 aliphatic heterocycles. The number of carbonyl (C=O) groups is 1. The van der Waals surface area contributed by atoms with Gasteiger partial charge in [0.25, 0.3) is 0 Å². The lowest BCUT2D eigenvalue weighted by atomic mass is 9.87. The fourth-order valence-electron chi connectivity index (χ4n) is 2.74. The van der Waals surface area contributed by atoms with Crippen LogP contribution in [0.25, 0.3) is 0 Å². The second-order valence-electron chi connectivity index (χ2n) is 4.99. The molecule has 0 saturated carbocycles. The fraction of sp³-hybridized carbons (Fsp3) is 0.533. The number of nitrogens with one attached hydrogen (secondary N) is 1. The zero-order valence-electron chi connectivity index (χ0n) is 10.9. The van der Waals surface area contributed by atoms with E-state index in [0.717, 1.165) is 31.5 Å². The summed E-state index contributed by atoms with van der Waals surface area (Å²) in [6.45, 7) is 4.05. The molecule has 0 aliphatic carbocycles. The topological polar surface area (TPSA) is 49.3 Å². The van der Waals surface area contributed by atoms with E-state index in [4.69, 9.17) is 0 Å². The molecular weight excluding hydrogens is 226 g/mol. The SMILES string of the molecule is CCC(C(=O)O)c1cccc(C2CCNCC2)c1. The third kappa shape index (κ3) is 2.91. The van der Waals surface area contributed by atoms with Crippen LogP contribution in [0.15, 0.2) is 24.3 Å². The molecule has 1 aromatic carbocycles. The quantitative estimate of drug-likeness (QED) is 0.860. The van der Waals surface area contributed by atoms with Crippen LogP contribution >= 0.6 is 0 Å². The largest absolute Gasteiger partial charge is 0.481 e. The molecule has 0 bridgehead atoms. The van der Waals surface area contributed by atoms with E-state index < -0.39 is 5.97 Å². The van der Waals surface area contributed by atoms with Gasteiger partial charge in [-0.2, -0.15) is 0 Å². The highest BCUT2D eigenvalue weighted by atomic mass is 16.4. The fourth-order valence-corrected chi connectivity index (χ4v) is 2.74. The summed E-state index contributed by atoms with van der Waals surface area (Å²) in [5, 5.41) is 12.6. The number of hydrogen-bond acceptors (Lipinski definition) is 2. The number of benzene rings is 1.